The summed E-state index contributed by atoms with van der Waals surface area (Å²) in [5.41, 5.74) is 18.4. The van der Waals surface area contributed by atoms with E-state index in [2.05, 4.69) is 162 Å². The summed E-state index contributed by atoms with van der Waals surface area (Å²) < 4.78 is 6.90. The first kappa shape index (κ1) is 69.2. The summed E-state index contributed by atoms with van der Waals surface area (Å²) >= 11 is 0. The van der Waals surface area contributed by atoms with E-state index in [1.54, 1.807) is 12.7 Å². The predicted octanol–water partition coefficient (Wildman–Crippen LogP) is 21.9. The smallest absolute Gasteiger partial charge is 0.233 e. The second-order valence-corrected chi connectivity index (χ2v) is 17.9. The van der Waals surface area contributed by atoms with Crippen LogP contribution in [-0.4, -0.2) is 55.5 Å². The molecule has 0 fully saturated rings. The molecule has 10 heteroatoms. The molecule has 14 aromatic rings. The third-order valence-electron chi connectivity index (χ3n) is 14.9. The molecule has 2 aliphatic carbocycles. The predicted molar refractivity (Wildman–Crippen MR) is 364 cm³/mol. The van der Waals surface area contributed by atoms with Crippen molar-refractivity contribution in [2.75, 3.05) is 27.2 Å². The van der Waals surface area contributed by atoms with Crippen LogP contribution in [0, 0.1) is 24.3 Å². The Hall–Kier alpha value is -6.59. The van der Waals surface area contributed by atoms with Crippen molar-refractivity contribution in [2.45, 2.75) is 136 Å². The molecular weight excluding hydrogens is 1230 g/mol. The minimum atomic E-state index is 0. The molecule has 2 unspecified atom stereocenters. The number of hydrogen-bond acceptors (Lipinski definition) is 3. The van der Waals surface area contributed by atoms with E-state index in [1.807, 2.05) is 139 Å². The molecule has 0 saturated carbocycles. The Morgan fingerprint density at radius 3 is 1.04 bits per heavy atom. The van der Waals surface area contributed by atoms with Gasteiger partial charge in [-0.2, -0.15) is 61.3 Å². The van der Waals surface area contributed by atoms with Gasteiger partial charge in [0.2, 0.25) is 5.95 Å². The molecule has 2 atom stereocenters. The zero-order chi connectivity index (χ0) is 60.4. The zero-order valence-electron chi connectivity index (χ0n) is 53.8. The molecule has 0 N–H and O–H groups in total. The quantitative estimate of drug-likeness (QED) is 0.127. The maximum atomic E-state index is 4.77. The molecular formula is C75H86N8Pd2-6. The number of aromatic nitrogens is 6. The normalized spacial score (nSPS) is 12.7. The molecule has 0 spiro atoms. The van der Waals surface area contributed by atoms with Gasteiger partial charge in [-0.05, 0) is 44.5 Å². The Balaban J connectivity index is 0.000000609. The largest absolute Gasteiger partial charge is 0.664 e. The van der Waals surface area contributed by atoms with E-state index < -0.39 is 0 Å². The van der Waals surface area contributed by atoms with Gasteiger partial charge in [0.15, 0.2) is 0 Å². The Kier molecular flexibility index (Phi) is 25.4. The summed E-state index contributed by atoms with van der Waals surface area (Å²) in [5, 5.41) is 20.9. The Morgan fingerprint density at radius 1 is 0.365 bits per heavy atom. The fourth-order valence-corrected chi connectivity index (χ4v) is 12.4. The Labute approximate surface area is 534 Å². The van der Waals surface area contributed by atoms with Gasteiger partial charge in [0.25, 0.3) is 0 Å². The fraction of sp³-hybridized carbons (Fsp3) is 0.320. The van der Waals surface area contributed by atoms with Gasteiger partial charge >= 0.3 is 0 Å². The average Bonchev–Trinajstić information content (AvgIpc) is 2.10. The van der Waals surface area contributed by atoms with Crippen molar-refractivity contribution in [3.63, 3.8) is 0 Å². The van der Waals surface area contributed by atoms with Crippen LogP contribution in [0.15, 0.2) is 122 Å². The first-order valence-corrected chi connectivity index (χ1v) is 31.2. The monoisotopic (exact) mass is 1310 g/mol. The molecule has 8 aromatic carbocycles. The van der Waals surface area contributed by atoms with E-state index in [9.17, 15) is 0 Å². The standard InChI is InChI=1S/C57H32N8.9C2H6.2Pd/c1-58-25-47-31-11-5-3-9-29(31)37-17-41-33-13-7-15-35-43-19-45-46-20-44-36-16-8-14-34-42-18-38-30-10-4-6-12-32(30)48(26-59-2)40(38)22-50(42)64(56(34)36)52(44)24-54(46)65(57-61-27-60-28-62-57)53(45)23-51(43)63(55(33)35)49(41)21-39(37)47;9*1-2;;/h3-20,27-28,47-48H,25-26H2,1-2H3;9*1-2H3;;/q-6;;;;;;;;;;;. The maximum absolute atomic E-state index is 4.77. The van der Waals surface area contributed by atoms with Crippen LogP contribution in [0.2, 0.25) is 0 Å². The van der Waals surface area contributed by atoms with Crippen molar-refractivity contribution in [1.29, 1.82) is 0 Å². The molecule has 0 aliphatic heterocycles. The van der Waals surface area contributed by atoms with Crippen molar-refractivity contribution in [2.24, 2.45) is 0 Å². The second-order valence-electron chi connectivity index (χ2n) is 17.9. The van der Waals surface area contributed by atoms with Crippen molar-refractivity contribution in [3.05, 3.63) is 179 Å². The Morgan fingerprint density at radius 2 is 0.682 bits per heavy atom. The van der Waals surface area contributed by atoms with Crippen LogP contribution >= 0.6 is 0 Å². The van der Waals surface area contributed by atoms with Gasteiger partial charge in [0.05, 0.1) is 0 Å². The minimum Gasteiger partial charge on any atom is -0.664 e. The van der Waals surface area contributed by atoms with Crippen LogP contribution in [0.5, 0.6) is 0 Å². The van der Waals surface area contributed by atoms with E-state index >= 15 is 0 Å². The summed E-state index contributed by atoms with van der Waals surface area (Å²) in [6, 6.07) is 56.5. The van der Waals surface area contributed by atoms with Gasteiger partial charge in [-0.25, -0.2) is 15.0 Å². The number of benzene rings is 8. The minimum absolute atomic E-state index is 0. The van der Waals surface area contributed by atoms with Gasteiger partial charge < -0.3 is 24.0 Å². The van der Waals surface area contributed by atoms with Crippen LogP contribution < -0.4 is 0 Å². The third-order valence-corrected chi connectivity index (χ3v) is 14.9. The molecule has 452 valence electrons. The average molecular weight is 1310 g/mol. The summed E-state index contributed by atoms with van der Waals surface area (Å²) in [5.74, 6) is 0.831. The van der Waals surface area contributed by atoms with Gasteiger partial charge in [-0.15, -0.1) is 69.0 Å². The number of hydrogen-bond donors (Lipinski definition) is 0. The van der Waals surface area contributed by atoms with E-state index in [1.165, 1.54) is 87.9 Å². The number of para-hydroxylation sites is 2. The van der Waals surface area contributed by atoms with Gasteiger partial charge in [-0.3, -0.25) is 0 Å². The number of rotatable bonds is 5. The summed E-state index contributed by atoms with van der Waals surface area (Å²) in [6.07, 6.45) is 3.13. The van der Waals surface area contributed by atoms with E-state index in [0.717, 1.165) is 54.6 Å². The maximum Gasteiger partial charge on any atom is 0.233 e. The summed E-state index contributed by atoms with van der Waals surface area (Å²) in [4.78, 5) is 13.8. The fourth-order valence-electron chi connectivity index (χ4n) is 12.4. The topological polar surface area (TPSA) is 80.6 Å². The molecule has 6 heterocycles. The SMILES string of the molecule is CC.CC.CC.CC.CC.CC.CC.CC.CC.C[N-]CC1c2[c-]c3c(cc2-c2ccccc21)c1cccc2c4cc5c6cc7c8cccc9c%10cc%11c([c-]c%10n(c7[c-]c6n(-c6ncncn6)c5[c-]c4n3c12)c98)C(C[N-]C)c1ccccc1-%11.[Pd].[Pd]. The van der Waals surface area contributed by atoms with Crippen molar-refractivity contribution >= 4 is 98.0 Å². The molecule has 16 rings (SSSR count). The first-order valence-electron chi connectivity index (χ1n) is 31.2. The van der Waals surface area contributed by atoms with E-state index in [4.69, 9.17) is 9.97 Å². The molecule has 0 saturated heterocycles. The molecule has 2 aliphatic rings. The van der Waals surface area contributed by atoms with Gasteiger partial charge in [0.1, 0.15) is 12.7 Å². The van der Waals surface area contributed by atoms with Crippen LogP contribution in [0.3, 0.4) is 0 Å². The molecule has 0 radical (unpaired) electrons. The first-order chi connectivity index (χ1) is 41.2. The van der Waals surface area contributed by atoms with Crippen LogP contribution in [0.25, 0.3) is 137 Å². The van der Waals surface area contributed by atoms with E-state index in [0.29, 0.717) is 19.0 Å². The number of likely N-dealkylation sites (N-methyl/N-ethyl adjacent to an activating group) is 2. The van der Waals surface area contributed by atoms with Crippen molar-refractivity contribution < 1.29 is 40.8 Å². The van der Waals surface area contributed by atoms with Crippen molar-refractivity contribution in [3.8, 4) is 28.2 Å². The molecule has 8 nitrogen and oxygen atoms in total. The van der Waals surface area contributed by atoms with Crippen LogP contribution in [-0.2, 0) is 40.8 Å². The summed E-state index contributed by atoms with van der Waals surface area (Å²) in [7, 11) is 3.82. The van der Waals surface area contributed by atoms with Crippen molar-refractivity contribution in [1.82, 2.24) is 28.3 Å². The zero-order valence-corrected chi connectivity index (χ0v) is 56.9. The number of fused-ring (bicyclic) bond motifs is 21. The summed E-state index contributed by atoms with van der Waals surface area (Å²) in [6.45, 7) is 37.4. The van der Waals surface area contributed by atoms with Gasteiger partial charge in [0, 0.05) is 51.9 Å². The van der Waals surface area contributed by atoms with E-state index in [-0.39, 0.29) is 52.7 Å². The van der Waals surface area contributed by atoms with Gasteiger partial charge in [-0.1, -0.05) is 254 Å². The third kappa shape index (κ3) is 10.9. The molecule has 85 heavy (non-hydrogen) atoms. The molecule has 0 bridgehead atoms. The van der Waals surface area contributed by atoms with Crippen LogP contribution in [0.4, 0.5) is 0 Å². The molecule has 6 aromatic heterocycles. The van der Waals surface area contributed by atoms with Crippen LogP contribution in [0.1, 0.15) is 159 Å². The Bertz CT molecular complexity index is 4160. The second kappa shape index (κ2) is 31.2. The molecule has 0 amide bonds. The number of nitrogens with zero attached hydrogens (tertiary/aromatic N) is 8.